The first kappa shape index (κ1) is 18.7. The quantitative estimate of drug-likeness (QED) is 0.845. The molecule has 0 radical (unpaired) electrons. The molecule has 1 N–H and O–H groups in total. The highest BCUT2D eigenvalue weighted by Crippen LogP contribution is 2.28. The Bertz CT molecular complexity index is 838. The first-order valence-electron chi connectivity index (χ1n) is 8.56. The minimum atomic E-state index is -0.356. The van der Waals surface area contributed by atoms with E-state index in [0.29, 0.717) is 23.7 Å². The van der Waals surface area contributed by atoms with Gasteiger partial charge in [-0.1, -0.05) is 6.07 Å². The number of nitrogens with one attached hydrogen (secondary N) is 1. The fourth-order valence-corrected chi connectivity index (χ4v) is 3.13. The van der Waals surface area contributed by atoms with Gasteiger partial charge in [0, 0.05) is 18.7 Å². The Hall–Kier alpha value is -3.09. The smallest absolute Gasteiger partial charge is 0.229 e. The predicted octanol–water partition coefficient (Wildman–Crippen LogP) is 2.31. The van der Waals surface area contributed by atoms with Gasteiger partial charge in [-0.2, -0.15) is 0 Å². The maximum absolute atomic E-state index is 13.1. The number of amides is 2. The van der Waals surface area contributed by atoms with E-state index >= 15 is 0 Å². The SMILES string of the molecule is COc1ccc(CC(=O)N[C@@H]2CC(=O)N(c3ccc(F)cc3)C2)cc1OC. The lowest BCUT2D eigenvalue weighted by atomic mass is 10.1. The molecule has 2 aromatic carbocycles. The van der Waals surface area contributed by atoms with Crippen molar-refractivity contribution < 1.29 is 23.5 Å². The molecular formula is C20H21FN2O4. The molecular weight excluding hydrogens is 351 g/mol. The largest absolute Gasteiger partial charge is 0.493 e. The van der Waals surface area contributed by atoms with Gasteiger partial charge in [-0.25, -0.2) is 4.39 Å². The third kappa shape index (κ3) is 4.36. The van der Waals surface area contributed by atoms with E-state index < -0.39 is 0 Å². The molecule has 0 bridgehead atoms. The van der Waals surface area contributed by atoms with E-state index in [1.165, 1.54) is 19.2 Å². The van der Waals surface area contributed by atoms with Crippen molar-refractivity contribution >= 4 is 17.5 Å². The Labute approximate surface area is 156 Å². The van der Waals surface area contributed by atoms with Gasteiger partial charge in [0.05, 0.1) is 26.7 Å². The number of nitrogens with zero attached hydrogens (tertiary/aromatic N) is 1. The second-order valence-corrected chi connectivity index (χ2v) is 6.32. The summed E-state index contributed by atoms with van der Waals surface area (Å²) in [6, 6.07) is 10.8. The van der Waals surface area contributed by atoms with Crippen LogP contribution in [0.2, 0.25) is 0 Å². The average Bonchev–Trinajstić information content (AvgIpc) is 3.02. The molecule has 0 spiro atoms. The number of methoxy groups -OCH3 is 2. The average molecular weight is 372 g/mol. The molecule has 0 aliphatic carbocycles. The van der Waals surface area contributed by atoms with Gasteiger partial charge in [0.1, 0.15) is 5.82 Å². The Morgan fingerprint density at radius 1 is 1.15 bits per heavy atom. The number of rotatable bonds is 6. The molecule has 1 aliphatic rings. The molecule has 0 saturated carbocycles. The van der Waals surface area contributed by atoms with E-state index in [1.54, 1.807) is 42.3 Å². The second kappa shape index (κ2) is 8.07. The van der Waals surface area contributed by atoms with Gasteiger partial charge >= 0.3 is 0 Å². The van der Waals surface area contributed by atoms with Crippen molar-refractivity contribution in [2.24, 2.45) is 0 Å². The summed E-state index contributed by atoms with van der Waals surface area (Å²) in [6.07, 6.45) is 0.386. The van der Waals surface area contributed by atoms with Crippen molar-refractivity contribution in [2.75, 3.05) is 25.7 Å². The molecule has 1 heterocycles. The highest BCUT2D eigenvalue weighted by atomic mass is 19.1. The lowest BCUT2D eigenvalue weighted by Gasteiger charge is -2.17. The van der Waals surface area contributed by atoms with Crippen LogP contribution in [0.3, 0.4) is 0 Å². The van der Waals surface area contributed by atoms with Crippen molar-refractivity contribution in [3.05, 3.63) is 53.8 Å². The monoisotopic (exact) mass is 372 g/mol. The van der Waals surface area contributed by atoms with Gasteiger partial charge in [0.2, 0.25) is 11.8 Å². The van der Waals surface area contributed by atoms with E-state index in [1.807, 2.05) is 0 Å². The number of halogens is 1. The summed E-state index contributed by atoms with van der Waals surface area (Å²) < 4.78 is 23.5. The first-order valence-corrected chi connectivity index (χ1v) is 8.56. The van der Waals surface area contributed by atoms with Crippen LogP contribution < -0.4 is 19.7 Å². The van der Waals surface area contributed by atoms with E-state index in [9.17, 15) is 14.0 Å². The molecule has 142 valence electrons. The Kier molecular flexibility index (Phi) is 5.59. The third-order valence-corrected chi connectivity index (χ3v) is 4.44. The number of benzene rings is 2. The topological polar surface area (TPSA) is 67.9 Å². The summed E-state index contributed by atoms with van der Waals surface area (Å²) in [7, 11) is 3.09. The van der Waals surface area contributed by atoms with E-state index in [2.05, 4.69) is 5.32 Å². The molecule has 1 atom stereocenters. The van der Waals surface area contributed by atoms with Crippen LogP contribution in [0.25, 0.3) is 0 Å². The number of carbonyl (C=O) groups excluding carboxylic acids is 2. The summed E-state index contributed by atoms with van der Waals surface area (Å²) in [5.41, 5.74) is 1.41. The molecule has 1 saturated heterocycles. The molecule has 1 aliphatic heterocycles. The molecule has 1 fully saturated rings. The summed E-state index contributed by atoms with van der Waals surface area (Å²) in [5.74, 6) is 0.517. The van der Waals surface area contributed by atoms with E-state index in [0.717, 1.165) is 5.56 Å². The van der Waals surface area contributed by atoms with Gasteiger partial charge in [-0.3, -0.25) is 9.59 Å². The molecule has 7 heteroatoms. The lowest BCUT2D eigenvalue weighted by Crippen LogP contribution is -2.38. The van der Waals surface area contributed by atoms with Crippen LogP contribution in [-0.4, -0.2) is 38.6 Å². The minimum absolute atomic E-state index is 0.0991. The van der Waals surface area contributed by atoms with Gasteiger partial charge < -0.3 is 19.7 Å². The highest BCUT2D eigenvalue weighted by molar-refractivity contribution is 5.96. The second-order valence-electron chi connectivity index (χ2n) is 6.32. The summed E-state index contributed by atoms with van der Waals surface area (Å²) in [5, 5.41) is 2.89. The summed E-state index contributed by atoms with van der Waals surface area (Å²) in [4.78, 5) is 26.1. The maximum atomic E-state index is 13.1. The number of anilines is 1. The van der Waals surface area contributed by atoms with Gasteiger partial charge in [0.15, 0.2) is 11.5 Å². The van der Waals surface area contributed by atoms with E-state index in [4.69, 9.17) is 9.47 Å². The van der Waals surface area contributed by atoms with Crippen LogP contribution >= 0.6 is 0 Å². The van der Waals surface area contributed by atoms with E-state index in [-0.39, 0.29) is 36.5 Å². The van der Waals surface area contributed by atoms with Crippen LogP contribution in [0, 0.1) is 5.82 Å². The molecule has 27 heavy (non-hydrogen) atoms. The molecule has 2 aromatic rings. The first-order chi connectivity index (χ1) is 13.0. The highest BCUT2D eigenvalue weighted by Gasteiger charge is 2.31. The van der Waals surface area contributed by atoms with Crippen molar-refractivity contribution in [1.82, 2.24) is 5.32 Å². The van der Waals surface area contributed by atoms with Crippen LogP contribution in [0.15, 0.2) is 42.5 Å². The van der Waals surface area contributed by atoms with Gasteiger partial charge in [-0.05, 0) is 42.0 Å². The fraction of sp³-hybridized carbons (Fsp3) is 0.300. The Morgan fingerprint density at radius 3 is 2.52 bits per heavy atom. The Morgan fingerprint density at radius 2 is 1.85 bits per heavy atom. The lowest BCUT2D eigenvalue weighted by molar-refractivity contribution is -0.121. The van der Waals surface area contributed by atoms with Gasteiger partial charge in [0.25, 0.3) is 0 Å². The minimum Gasteiger partial charge on any atom is -0.493 e. The zero-order valence-corrected chi connectivity index (χ0v) is 15.2. The molecule has 0 unspecified atom stereocenters. The number of hydrogen-bond donors (Lipinski definition) is 1. The summed E-state index contributed by atoms with van der Waals surface area (Å²) in [6.45, 7) is 0.363. The number of carbonyl (C=O) groups is 2. The molecule has 6 nitrogen and oxygen atoms in total. The van der Waals surface area contributed by atoms with Crippen LogP contribution in [-0.2, 0) is 16.0 Å². The molecule has 0 aromatic heterocycles. The molecule has 3 rings (SSSR count). The predicted molar refractivity (Wildman–Crippen MR) is 98.6 cm³/mol. The van der Waals surface area contributed by atoms with Crippen molar-refractivity contribution in [3.8, 4) is 11.5 Å². The number of hydrogen-bond acceptors (Lipinski definition) is 4. The van der Waals surface area contributed by atoms with Crippen molar-refractivity contribution in [3.63, 3.8) is 0 Å². The molecule has 2 amide bonds. The zero-order chi connectivity index (χ0) is 19.4. The van der Waals surface area contributed by atoms with Crippen LogP contribution in [0.5, 0.6) is 11.5 Å². The van der Waals surface area contributed by atoms with Crippen LogP contribution in [0.1, 0.15) is 12.0 Å². The third-order valence-electron chi connectivity index (χ3n) is 4.44. The zero-order valence-electron chi connectivity index (χ0n) is 15.2. The fourth-order valence-electron chi connectivity index (χ4n) is 3.13. The van der Waals surface area contributed by atoms with Crippen LogP contribution in [0.4, 0.5) is 10.1 Å². The summed E-state index contributed by atoms with van der Waals surface area (Å²) >= 11 is 0. The van der Waals surface area contributed by atoms with Crippen molar-refractivity contribution in [2.45, 2.75) is 18.9 Å². The normalized spacial score (nSPS) is 16.3. The Balaban J connectivity index is 1.60. The van der Waals surface area contributed by atoms with Crippen molar-refractivity contribution in [1.29, 1.82) is 0 Å². The van der Waals surface area contributed by atoms with Gasteiger partial charge in [-0.15, -0.1) is 0 Å². The number of ether oxygens (including phenoxy) is 2. The maximum Gasteiger partial charge on any atom is 0.229 e. The standard InChI is InChI=1S/C20H21FN2O4/c1-26-17-8-3-13(9-18(17)27-2)10-19(24)22-15-11-20(25)23(12-15)16-6-4-14(21)5-7-16/h3-9,15H,10-12H2,1-2H3,(H,22,24)/t15-/m1/s1.